The van der Waals surface area contributed by atoms with E-state index in [9.17, 15) is 0 Å². The Morgan fingerprint density at radius 3 is 2.86 bits per heavy atom. The number of aromatic nitrogens is 1. The Morgan fingerprint density at radius 2 is 2.24 bits per heavy atom. The Labute approximate surface area is 142 Å². The minimum absolute atomic E-state index is 0. The molecular formula is C14H22IN5O. The molecule has 2 heterocycles. The van der Waals surface area contributed by atoms with Gasteiger partial charge in [0.15, 0.2) is 5.96 Å². The van der Waals surface area contributed by atoms with Crippen LogP contribution in [0.4, 0.5) is 5.82 Å². The van der Waals surface area contributed by atoms with E-state index in [-0.39, 0.29) is 24.0 Å². The summed E-state index contributed by atoms with van der Waals surface area (Å²) in [5.41, 5.74) is 6.74. The maximum absolute atomic E-state index is 5.70. The average Bonchev–Trinajstić information content (AvgIpc) is 2.52. The first kappa shape index (κ1) is 17.7. The zero-order valence-corrected chi connectivity index (χ0v) is 14.3. The molecule has 1 fully saturated rings. The second-order valence-electron chi connectivity index (χ2n) is 4.50. The maximum atomic E-state index is 5.70. The number of nitrogens with two attached hydrogens (primary N) is 1. The number of guanidine groups is 1. The minimum Gasteiger partial charge on any atom is -0.378 e. The number of ether oxygens (including phenoxy) is 1. The SMILES string of the molecule is C=CCNC(N)=NCc1ccc(N2CCOCC2)nc1.I. The molecule has 0 aliphatic carbocycles. The zero-order valence-electron chi connectivity index (χ0n) is 12.0. The molecule has 0 unspecified atom stereocenters. The van der Waals surface area contributed by atoms with Crippen LogP contribution < -0.4 is 16.0 Å². The Bertz CT molecular complexity index is 457. The number of nitrogens with one attached hydrogen (secondary N) is 1. The van der Waals surface area contributed by atoms with Crippen LogP contribution >= 0.6 is 24.0 Å². The van der Waals surface area contributed by atoms with E-state index in [1.807, 2.05) is 18.3 Å². The largest absolute Gasteiger partial charge is 0.378 e. The summed E-state index contributed by atoms with van der Waals surface area (Å²) in [5, 5.41) is 2.93. The summed E-state index contributed by atoms with van der Waals surface area (Å²) in [7, 11) is 0. The monoisotopic (exact) mass is 403 g/mol. The fourth-order valence-corrected chi connectivity index (χ4v) is 1.90. The van der Waals surface area contributed by atoms with Crippen LogP contribution in [0, 0.1) is 0 Å². The molecule has 0 bridgehead atoms. The summed E-state index contributed by atoms with van der Waals surface area (Å²) >= 11 is 0. The topological polar surface area (TPSA) is 75.8 Å². The molecular weight excluding hydrogens is 381 g/mol. The molecule has 116 valence electrons. The number of nitrogens with zero attached hydrogens (tertiary/aromatic N) is 3. The highest BCUT2D eigenvalue weighted by atomic mass is 127. The summed E-state index contributed by atoms with van der Waals surface area (Å²) in [4.78, 5) is 10.9. The number of halogens is 1. The summed E-state index contributed by atoms with van der Waals surface area (Å²) in [6, 6.07) is 4.05. The van der Waals surface area contributed by atoms with Crippen molar-refractivity contribution in [1.82, 2.24) is 10.3 Å². The van der Waals surface area contributed by atoms with Crippen molar-refractivity contribution in [3.05, 3.63) is 36.5 Å². The summed E-state index contributed by atoms with van der Waals surface area (Å²) in [6.07, 6.45) is 3.58. The maximum Gasteiger partial charge on any atom is 0.189 e. The average molecular weight is 403 g/mol. The van der Waals surface area contributed by atoms with Crippen molar-refractivity contribution in [2.45, 2.75) is 6.54 Å². The number of morpholine rings is 1. The molecule has 1 aromatic heterocycles. The Morgan fingerprint density at radius 1 is 1.48 bits per heavy atom. The molecule has 7 heteroatoms. The fraction of sp³-hybridized carbons (Fsp3) is 0.429. The first-order valence-electron chi connectivity index (χ1n) is 6.72. The lowest BCUT2D eigenvalue weighted by Crippen LogP contribution is -2.36. The molecule has 6 nitrogen and oxygen atoms in total. The van der Waals surface area contributed by atoms with Gasteiger partial charge < -0.3 is 20.7 Å². The quantitative estimate of drug-likeness (QED) is 0.334. The van der Waals surface area contributed by atoms with Gasteiger partial charge in [0.25, 0.3) is 0 Å². The third-order valence-electron chi connectivity index (χ3n) is 3.00. The number of hydrogen-bond donors (Lipinski definition) is 2. The van der Waals surface area contributed by atoms with E-state index in [1.54, 1.807) is 6.08 Å². The van der Waals surface area contributed by atoms with Gasteiger partial charge in [-0.2, -0.15) is 0 Å². The molecule has 0 aromatic carbocycles. The molecule has 0 saturated carbocycles. The normalized spacial score (nSPS) is 15.2. The van der Waals surface area contributed by atoms with Crippen molar-refractivity contribution in [2.24, 2.45) is 10.7 Å². The lowest BCUT2D eigenvalue weighted by Gasteiger charge is -2.27. The molecule has 21 heavy (non-hydrogen) atoms. The number of aliphatic imine (C=N–C) groups is 1. The van der Waals surface area contributed by atoms with Gasteiger partial charge >= 0.3 is 0 Å². The molecule has 0 atom stereocenters. The smallest absolute Gasteiger partial charge is 0.189 e. The number of pyridine rings is 1. The van der Waals surface area contributed by atoms with E-state index in [4.69, 9.17) is 10.5 Å². The van der Waals surface area contributed by atoms with Gasteiger partial charge in [-0.3, -0.25) is 0 Å². The second kappa shape index (κ2) is 9.56. The first-order chi connectivity index (χ1) is 9.79. The van der Waals surface area contributed by atoms with Crippen LogP contribution in [-0.4, -0.2) is 43.8 Å². The van der Waals surface area contributed by atoms with Gasteiger partial charge in [-0.25, -0.2) is 9.98 Å². The Kier molecular flexibility index (Phi) is 8.06. The molecule has 1 saturated heterocycles. The molecule has 2 rings (SSSR count). The first-order valence-corrected chi connectivity index (χ1v) is 6.72. The van der Waals surface area contributed by atoms with Crippen molar-refractivity contribution < 1.29 is 4.74 Å². The van der Waals surface area contributed by atoms with Gasteiger partial charge in [0.2, 0.25) is 0 Å². The van der Waals surface area contributed by atoms with Crippen molar-refractivity contribution >= 4 is 35.8 Å². The van der Waals surface area contributed by atoms with Crippen LogP contribution in [0.15, 0.2) is 36.0 Å². The number of hydrogen-bond acceptors (Lipinski definition) is 4. The molecule has 1 aromatic rings. The van der Waals surface area contributed by atoms with Crippen LogP contribution in [0.3, 0.4) is 0 Å². The highest BCUT2D eigenvalue weighted by Crippen LogP contribution is 2.13. The highest BCUT2D eigenvalue weighted by Gasteiger charge is 2.11. The lowest BCUT2D eigenvalue weighted by atomic mass is 10.2. The third-order valence-corrected chi connectivity index (χ3v) is 3.00. The van der Waals surface area contributed by atoms with Gasteiger partial charge in [-0.05, 0) is 11.6 Å². The molecule has 1 aliphatic heterocycles. The molecule has 3 N–H and O–H groups in total. The van der Waals surface area contributed by atoms with Crippen molar-refractivity contribution in [1.29, 1.82) is 0 Å². The predicted octanol–water partition coefficient (Wildman–Crippen LogP) is 1.13. The van der Waals surface area contributed by atoms with Crippen LogP contribution in [0.25, 0.3) is 0 Å². The Hall–Kier alpha value is -1.35. The van der Waals surface area contributed by atoms with Crippen LogP contribution in [0.1, 0.15) is 5.56 Å². The van der Waals surface area contributed by atoms with E-state index >= 15 is 0 Å². The van der Waals surface area contributed by atoms with E-state index in [1.165, 1.54) is 0 Å². The van der Waals surface area contributed by atoms with Crippen molar-refractivity contribution in [2.75, 3.05) is 37.7 Å². The van der Waals surface area contributed by atoms with E-state index < -0.39 is 0 Å². The van der Waals surface area contributed by atoms with E-state index in [0.717, 1.165) is 37.7 Å². The fourth-order valence-electron chi connectivity index (χ4n) is 1.90. The summed E-state index contributed by atoms with van der Waals surface area (Å²) in [6.45, 7) is 8.05. The van der Waals surface area contributed by atoms with Gasteiger partial charge in [-0.15, -0.1) is 30.6 Å². The zero-order chi connectivity index (χ0) is 14.2. The molecule has 0 amide bonds. The number of rotatable bonds is 5. The van der Waals surface area contributed by atoms with Crippen LogP contribution in [-0.2, 0) is 11.3 Å². The lowest BCUT2D eigenvalue weighted by molar-refractivity contribution is 0.122. The third kappa shape index (κ3) is 5.88. The summed E-state index contributed by atoms with van der Waals surface area (Å²) < 4.78 is 5.33. The predicted molar refractivity (Wildman–Crippen MR) is 96.2 cm³/mol. The highest BCUT2D eigenvalue weighted by molar-refractivity contribution is 14.0. The molecule has 1 aliphatic rings. The van der Waals surface area contributed by atoms with E-state index in [2.05, 4.69) is 26.8 Å². The minimum atomic E-state index is 0. The summed E-state index contributed by atoms with van der Waals surface area (Å²) in [5.74, 6) is 1.40. The van der Waals surface area contributed by atoms with Crippen molar-refractivity contribution in [3.63, 3.8) is 0 Å². The second-order valence-corrected chi connectivity index (χ2v) is 4.50. The van der Waals surface area contributed by atoms with Crippen LogP contribution in [0.2, 0.25) is 0 Å². The van der Waals surface area contributed by atoms with Gasteiger partial charge in [0.05, 0.1) is 19.8 Å². The van der Waals surface area contributed by atoms with Crippen molar-refractivity contribution in [3.8, 4) is 0 Å². The molecule has 0 spiro atoms. The van der Waals surface area contributed by atoms with E-state index in [0.29, 0.717) is 19.0 Å². The van der Waals surface area contributed by atoms with Gasteiger partial charge in [-0.1, -0.05) is 12.1 Å². The van der Waals surface area contributed by atoms with Crippen LogP contribution in [0.5, 0.6) is 0 Å². The Balaban J connectivity index is 0.00000220. The standard InChI is InChI=1S/C14H21N5O.HI/c1-2-5-16-14(15)18-11-12-3-4-13(17-10-12)19-6-8-20-9-7-19;/h2-4,10H,1,5-9,11H2,(H3,15,16,18);1H. The van der Waals surface area contributed by atoms with Gasteiger partial charge in [0, 0.05) is 25.8 Å². The molecule has 0 radical (unpaired) electrons. The number of anilines is 1. The van der Waals surface area contributed by atoms with Gasteiger partial charge in [0.1, 0.15) is 5.82 Å².